The zero-order valence-electron chi connectivity index (χ0n) is 11.4. The zero-order valence-corrected chi connectivity index (χ0v) is 12.9. The molecule has 20 heavy (non-hydrogen) atoms. The highest BCUT2D eigenvalue weighted by atomic mass is 79.9. The molecular weight excluding hydrogens is 308 g/mol. The molecule has 0 saturated carbocycles. The molecule has 0 nitrogen and oxygen atoms in total. The Labute approximate surface area is 126 Å². The van der Waals surface area contributed by atoms with Gasteiger partial charge in [0, 0.05) is 4.83 Å². The maximum atomic E-state index is 3.68. The summed E-state index contributed by atoms with van der Waals surface area (Å²) < 4.78 is 0. The lowest BCUT2D eigenvalue weighted by Gasteiger charge is -2.14. The van der Waals surface area contributed by atoms with Crippen molar-refractivity contribution >= 4 is 48.2 Å². The molecule has 1 atom stereocenters. The second-order valence-corrected chi connectivity index (χ2v) is 7.13. The Hall–Kier alpha value is -1.60. The molecule has 0 saturated heterocycles. The summed E-state index contributed by atoms with van der Waals surface area (Å²) in [5.74, 6) is 0. The molecule has 0 spiro atoms. The molecule has 0 aliphatic rings. The van der Waals surface area contributed by atoms with Crippen molar-refractivity contribution in [2.24, 2.45) is 0 Å². The monoisotopic (exact) mass is 322 g/mol. The number of hydrogen-bond acceptors (Lipinski definition) is 0. The number of rotatable bonds is 2. The molecule has 4 rings (SSSR count). The van der Waals surface area contributed by atoms with Gasteiger partial charge in [-0.05, 0) is 44.3 Å². The van der Waals surface area contributed by atoms with Crippen LogP contribution >= 0.6 is 15.9 Å². The van der Waals surface area contributed by atoms with E-state index in [1.807, 2.05) is 0 Å². The fourth-order valence-electron chi connectivity index (χ4n) is 3.28. The quantitative estimate of drug-likeness (QED) is 0.318. The van der Waals surface area contributed by atoms with Gasteiger partial charge in [-0.3, -0.25) is 0 Å². The first-order valence-electron chi connectivity index (χ1n) is 7.03. The lowest BCUT2D eigenvalue weighted by Crippen LogP contribution is -1.98. The van der Waals surface area contributed by atoms with Crippen LogP contribution in [-0.2, 0) is 6.42 Å². The number of alkyl halides is 1. The Bertz CT molecular complexity index is 890. The Morgan fingerprint density at radius 1 is 0.800 bits per heavy atom. The van der Waals surface area contributed by atoms with E-state index < -0.39 is 0 Å². The highest BCUT2D eigenvalue weighted by molar-refractivity contribution is 9.09. The van der Waals surface area contributed by atoms with Crippen molar-refractivity contribution < 1.29 is 0 Å². The topological polar surface area (TPSA) is 0 Å². The second-order valence-electron chi connectivity index (χ2n) is 5.57. The number of halogens is 1. The largest absolute Gasteiger partial charge is 0.0890 e. The molecule has 98 valence electrons. The summed E-state index contributed by atoms with van der Waals surface area (Å²) in [6, 6.07) is 20.1. The van der Waals surface area contributed by atoms with Gasteiger partial charge in [-0.2, -0.15) is 0 Å². The van der Waals surface area contributed by atoms with Crippen molar-refractivity contribution in [2.45, 2.75) is 18.2 Å². The molecule has 0 N–H and O–H groups in total. The first-order chi connectivity index (χ1) is 9.74. The van der Waals surface area contributed by atoms with E-state index in [0.29, 0.717) is 4.83 Å². The minimum absolute atomic E-state index is 0.501. The fourth-order valence-corrected chi connectivity index (χ4v) is 3.63. The normalized spacial score (nSPS) is 13.5. The molecule has 0 amide bonds. The van der Waals surface area contributed by atoms with Gasteiger partial charge in [0.1, 0.15) is 0 Å². The maximum absolute atomic E-state index is 3.68. The predicted octanol–water partition coefficient (Wildman–Crippen LogP) is 5.91. The molecule has 0 aromatic heterocycles. The van der Waals surface area contributed by atoms with Crippen molar-refractivity contribution in [1.29, 1.82) is 0 Å². The van der Waals surface area contributed by atoms with Crippen molar-refractivity contribution in [2.75, 3.05) is 0 Å². The summed E-state index contributed by atoms with van der Waals surface area (Å²) in [6.07, 6.45) is 1.06. The number of benzene rings is 4. The standard InChI is InChI=1S/C19H15Br/c1-12(20)11-16-8-7-15-6-5-13-3-2-4-14-9-10-17(16)19(15)18(13)14/h2-10,12H,11H2,1H3. The van der Waals surface area contributed by atoms with Gasteiger partial charge in [0.15, 0.2) is 0 Å². The van der Waals surface area contributed by atoms with Crippen LogP contribution in [-0.4, -0.2) is 4.83 Å². The van der Waals surface area contributed by atoms with Crippen LogP contribution in [0.4, 0.5) is 0 Å². The summed E-state index contributed by atoms with van der Waals surface area (Å²) in [5.41, 5.74) is 1.43. The van der Waals surface area contributed by atoms with Crippen molar-refractivity contribution in [3.8, 4) is 0 Å². The lowest BCUT2D eigenvalue weighted by molar-refractivity contribution is 0.969. The average molecular weight is 323 g/mol. The van der Waals surface area contributed by atoms with Crippen LogP contribution in [0.25, 0.3) is 32.3 Å². The molecule has 1 unspecified atom stereocenters. The van der Waals surface area contributed by atoms with Crippen LogP contribution in [0.15, 0.2) is 54.6 Å². The van der Waals surface area contributed by atoms with E-state index in [0.717, 1.165) is 6.42 Å². The van der Waals surface area contributed by atoms with E-state index >= 15 is 0 Å². The van der Waals surface area contributed by atoms with E-state index in [1.165, 1.54) is 37.9 Å². The fraction of sp³-hybridized carbons (Fsp3) is 0.158. The van der Waals surface area contributed by atoms with Gasteiger partial charge in [-0.15, -0.1) is 0 Å². The summed E-state index contributed by atoms with van der Waals surface area (Å²) in [4.78, 5) is 0.501. The van der Waals surface area contributed by atoms with E-state index in [1.54, 1.807) is 0 Å². The Morgan fingerprint density at radius 3 is 2.10 bits per heavy atom. The van der Waals surface area contributed by atoms with E-state index in [2.05, 4.69) is 77.5 Å². The van der Waals surface area contributed by atoms with Crippen molar-refractivity contribution in [3.63, 3.8) is 0 Å². The van der Waals surface area contributed by atoms with Crippen LogP contribution in [0.5, 0.6) is 0 Å². The van der Waals surface area contributed by atoms with Crippen LogP contribution in [0.1, 0.15) is 12.5 Å². The molecule has 0 heterocycles. The summed E-state index contributed by atoms with van der Waals surface area (Å²) in [6.45, 7) is 2.21. The summed E-state index contributed by atoms with van der Waals surface area (Å²) in [5, 5.41) is 8.25. The molecule has 4 aromatic carbocycles. The molecule has 4 aromatic rings. The smallest absolute Gasteiger partial charge is 0.0158 e. The molecule has 1 heteroatoms. The van der Waals surface area contributed by atoms with Crippen LogP contribution in [0.3, 0.4) is 0 Å². The molecule has 0 fully saturated rings. The van der Waals surface area contributed by atoms with Crippen LogP contribution in [0, 0.1) is 0 Å². The Kier molecular flexibility index (Phi) is 2.71. The maximum Gasteiger partial charge on any atom is 0.0158 e. The Balaban J connectivity index is 2.20. The van der Waals surface area contributed by atoms with E-state index in [4.69, 9.17) is 0 Å². The van der Waals surface area contributed by atoms with Gasteiger partial charge >= 0.3 is 0 Å². The third kappa shape index (κ3) is 1.73. The highest BCUT2D eigenvalue weighted by Crippen LogP contribution is 2.36. The predicted molar refractivity (Wildman–Crippen MR) is 92.2 cm³/mol. The molecule has 0 aliphatic carbocycles. The van der Waals surface area contributed by atoms with Gasteiger partial charge in [-0.1, -0.05) is 77.5 Å². The molecular formula is C19H15Br. The summed E-state index contributed by atoms with van der Waals surface area (Å²) >= 11 is 3.68. The lowest BCUT2D eigenvalue weighted by atomic mass is 9.91. The van der Waals surface area contributed by atoms with Gasteiger partial charge in [-0.25, -0.2) is 0 Å². The SMILES string of the molecule is CC(Br)Cc1ccc2ccc3cccc4ccc1c2c34. The Morgan fingerprint density at radius 2 is 1.40 bits per heavy atom. The first kappa shape index (κ1) is 12.2. The third-order valence-corrected chi connectivity index (χ3v) is 4.44. The van der Waals surface area contributed by atoms with E-state index in [9.17, 15) is 0 Å². The van der Waals surface area contributed by atoms with Gasteiger partial charge in [0.05, 0.1) is 0 Å². The zero-order chi connectivity index (χ0) is 13.7. The minimum atomic E-state index is 0.501. The summed E-state index contributed by atoms with van der Waals surface area (Å²) in [7, 11) is 0. The van der Waals surface area contributed by atoms with Gasteiger partial charge in [0.2, 0.25) is 0 Å². The third-order valence-electron chi connectivity index (χ3n) is 4.12. The molecule has 0 radical (unpaired) electrons. The van der Waals surface area contributed by atoms with Crippen molar-refractivity contribution in [3.05, 3.63) is 60.2 Å². The molecule has 0 aliphatic heterocycles. The first-order valence-corrected chi connectivity index (χ1v) is 7.95. The number of hydrogen-bond donors (Lipinski definition) is 0. The van der Waals surface area contributed by atoms with Crippen molar-refractivity contribution in [1.82, 2.24) is 0 Å². The van der Waals surface area contributed by atoms with E-state index in [-0.39, 0.29) is 0 Å². The minimum Gasteiger partial charge on any atom is -0.0890 e. The second kappa shape index (κ2) is 4.46. The average Bonchev–Trinajstić information content (AvgIpc) is 2.46. The van der Waals surface area contributed by atoms with Crippen LogP contribution in [0.2, 0.25) is 0 Å². The van der Waals surface area contributed by atoms with Gasteiger partial charge < -0.3 is 0 Å². The van der Waals surface area contributed by atoms with Crippen LogP contribution < -0.4 is 0 Å². The molecule has 0 bridgehead atoms. The highest BCUT2D eigenvalue weighted by Gasteiger charge is 2.11. The van der Waals surface area contributed by atoms with Gasteiger partial charge in [0.25, 0.3) is 0 Å².